The second-order valence-corrected chi connectivity index (χ2v) is 7.58. The number of rotatable bonds is 2. The van der Waals surface area contributed by atoms with E-state index in [-0.39, 0.29) is 11.9 Å². The molecule has 1 atom stereocenters. The molecule has 0 fully saturated rings. The quantitative estimate of drug-likeness (QED) is 0.435. The molecule has 1 aromatic carbocycles. The lowest BCUT2D eigenvalue weighted by Crippen LogP contribution is -2.05. The van der Waals surface area contributed by atoms with Crippen LogP contribution >= 0.6 is 46.1 Å². The van der Waals surface area contributed by atoms with Crippen molar-refractivity contribution >= 4 is 57.2 Å². The number of nitrogens with one attached hydrogen (secondary N) is 1. The maximum absolute atomic E-state index is 13.8. The minimum absolute atomic E-state index is 0.0920. The highest BCUT2D eigenvalue weighted by Gasteiger charge is 2.16. The van der Waals surface area contributed by atoms with Gasteiger partial charge in [0.05, 0.1) is 20.6 Å². The summed E-state index contributed by atoms with van der Waals surface area (Å²) in [6.07, 6.45) is 0. The van der Waals surface area contributed by atoms with Gasteiger partial charge in [-0.3, -0.25) is 0 Å². The SMILES string of the molecule is Cc1ccc(C(C)n2c(=S)[nH]c3cc(I)c(F)cc32)s1. The Morgan fingerprint density at radius 3 is 2.80 bits per heavy atom. The zero-order valence-corrected chi connectivity index (χ0v) is 14.7. The van der Waals surface area contributed by atoms with Gasteiger partial charge in [-0.15, -0.1) is 11.3 Å². The van der Waals surface area contributed by atoms with Gasteiger partial charge in [-0.25, -0.2) is 4.39 Å². The van der Waals surface area contributed by atoms with Gasteiger partial charge in [0.25, 0.3) is 0 Å². The van der Waals surface area contributed by atoms with E-state index < -0.39 is 0 Å². The van der Waals surface area contributed by atoms with E-state index in [4.69, 9.17) is 12.2 Å². The van der Waals surface area contributed by atoms with Crippen molar-refractivity contribution in [3.8, 4) is 0 Å². The average molecular weight is 418 g/mol. The van der Waals surface area contributed by atoms with Crippen LogP contribution in [0.1, 0.15) is 22.7 Å². The smallest absolute Gasteiger partial charge is 0.178 e. The highest BCUT2D eigenvalue weighted by atomic mass is 127. The fourth-order valence-corrected chi connectivity index (χ4v) is 4.06. The number of hydrogen-bond acceptors (Lipinski definition) is 2. The number of nitrogens with zero attached hydrogens (tertiary/aromatic N) is 1. The number of hydrogen-bond donors (Lipinski definition) is 1. The van der Waals surface area contributed by atoms with E-state index in [0.29, 0.717) is 8.34 Å². The van der Waals surface area contributed by atoms with Crippen molar-refractivity contribution in [3.63, 3.8) is 0 Å². The molecule has 2 aromatic heterocycles. The molecule has 0 aliphatic carbocycles. The van der Waals surface area contributed by atoms with Gasteiger partial charge >= 0.3 is 0 Å². The summed E-state index contributed by atoms with van der Waals surface area (Å²) in [6.45, 7) is 4.17. The number of aryl methyl sites for hydroxylation is 1. The number of aromatic amines is 1. The van der Waals surface area contributed by atoms with Gasteiger partial charge in [-0.1, -0.05) is 0 Å². The van der Waals surface area contributed by atoms with Crippen LogP contribution < -0.4 is 0 Å². The minimum Gasteiger partial charge on any atom is -0.331 e. The fourth-order valence-electron chi connectivity index (χ4n) is 2.31. The number of fused-ring (bicyclic) bond motifs is 1. The predicted molar refractivity (Wildman–Crippen MR) is 92.7 cm³/mol. The molecule has 3 aromatic rings. The van der Waals surface area contributed by atoms with Gasteiger partial charge in [0.15, 0.2) is 4.77 Å². The molecule has 0 aliphatic heterocycles. The zero-order valence-electron chi connectivity index (χ0n) is 10.9. The molecule has 2 heterocycles. The highest BCUT2D eigenvalue weighted by Crippen LogP contribution is 2.30. The summed E-state index contributed by atoms with van der Waals surface area (Å²) >= 11 is 9.14. The first-order valence-electron chi connectivity index (χ1n) is 6.13. The number of imidazole rings is 1. The van der Waals surface area contributed by atoms with Crippen molar-refractivity contribution in [2.75, 3.05) is 0 Å². The van der Waals surface area contributed by atoms with E-state index in [1.807, 2.05) is 27.2 Å². The summed E-state index contributed by atoms with van der Waals surface area (Å²) in [7, 11) is 0. The van der Waals surface area contributed by atoms with Crippen molar-refractivity contribution in [1.82, 2.24) is 9.55 Å². The zero-order chi connectivity index (χ0) is 14.4. The van der Waals surface area contributed by atoms with Crippen LogP contribution in [-0.2, 0) is 0 Å². The van der Waals surface area contributed by atoms with Crippen LogP contribution in [-0.4, -0.2) is 9.55 Å². The van der Waals surface area contributed by atoms with Gasteiger partial charge in [-0.2, -0.15) is 0 Å². The molecule has 0 aliphatic rings. The van der Waals surface area contributed by atoms with Gasteiger partial charge in [0, 0.05) is 15.8 Å². The number of benzene rings is 1. The predicted octanol–water partition coefficient (Wildman–Crippen LogP) is 5.42. The Hall–Kier alpha value is -0.730. The summed E-state index contributed by atoms with van der Waals surface area (Å²) in [5.41, 5.74) is 1.69. The van der Waals surface area contributed by atoms with Crippen molar-refractivity contribution < 1.29 is 4.39 Å². The average Bonchev–Trinajstić information content (AvgIpc) is 2.93. The van der Waals surface area contributed by atoms with Gasteiger partial charge < -0.3 is 9.55 Å². The van der Waals surface area contributed by atoms with E-state index >= 15 is 0 Å². The summed E-state index contributed by atoms with van der Waals surface area (Å²) in [5.74, 6) is -0.213. The van der Waals surface area contributed by atoms with E-state index in [9.17, 15) is 4.39 Å². The van der Waals surface area contributed by atoms with Crippen LogP contribution in [0.4, 0.5) is 4.39 Å². The lowest BCUT2D eigenvalue weighted by molar-refractivity contribution is 0.617. The third-order valence-electron chi connectivity index (χ3n) is 3.32. The monoisotopic (exact) mass is 418 g/mol. The van der Waals surface area contributed by atoms with Crippen molar-refractivity contribution in [2.45, 2.75) is 19.9 Å². The summed E-state index contributed by atoms with van der Waals surface area (Å²) in [6, 6.07) is 7.64. The highest BCUT2D eigenvalue weighted by molar-refractivity contribution is 14.1. The lowest BCUT2D eigenvalue weighted by Gasteiger charge is -2.13. The van der Waals surface area contributed by atoms with E-state index in [1.54, 1.807) is 23.5 Å². The molecule has 104 valence electrons. The first-order chi connectivity index (χ1) is 9.47. The number of H-pyrrole nitrogens is 1. The first kappa shape index (κ1) is 14.2. The standard InChI is InChI=1S/C14H12FIN2S2/c1-7-3-4-13(20-7)8(2)18-12-5-9(15)10(16)6-11(12)17-14(18)19/h3-6,8H,1-2H3,(H,17,19). The largest absolute Gasteiger partial charge is 0.331 e. The summed E-state index contributed by atoms with van der Waals surface area (Å²) < 4.78 is 17.0. The third-order valence-corrected chi connectivity index (χ3v) is 5.62. The first-order valence-corrected chi connectivity index (χ1v) is 8.43. The van der Waals surface area contributed by atoms with Crippen LogP contribution in [0.3, 0.4) is 0 Å². The molecule has 6 heteroatoms. The Bertz CT molecular complexity index is 847. The number of halogens is 2. The van der Waals surface area contributed by atoms with Crippen LogP contribution in [0.25, 0.3) is 11.0 Å². The lowest BCUT2D eigenvalue weighted by atomic mass is 10.2. The molecular weight excluding hydrogens is 406 g/mol. The van der Waals surface area contributed by atoms with E-state index in [0.717, 1.165) is 11.0 Å². The number of aromatic nitrogens is 2. The summed E-state index contributed by atoms with van der Waals surface area (Å²) in [4.78, 5) is 5.65. The topological polar surface area (TPSA) is 20.7 Å². The van der Waals surface area contributed by atoms with E-state index in [1.165, 1.54) is 9.75 Å². The van der Waals surface area contributed by atoms with Crippen LogP contribution in [0.5, 0.6) is 0 Å². The van der Waals surface area contributed by atoms with Crippen molar-refractivity contribution in [1.29, 1.82) is 0 Å². The molecule has 0 saturated carbocycles. The molecule has 1 unspecified atom stereocenters. The Morgan fingerprint density at radius 1 is 1.40 bits per heavy atom. The molecule has 0 radical (unpaired) electrons. The van der Waals surface area contributed by atoms with Crippen molar-refractivity contribution in [2.24, 2.45) is 0 Å². The Kier molecular flexibility index (Phi) is 3.72. The second kappa shape index (κ2) is 5.23. The molecule has 3 rings (SSSR count). The molecule has 2 nitrogen and oxygen atoms in total. The molecule has 20 heavy (non-hydrogen) atoms. The Morgan fingerprint density at radius 2 is 2.15 bits per heavy atom. The fraction of sp³-hybridized carbons (Fsp3) is 0.214. The maximum atomic E-state index is 13.8. The Labute approximate surface area is 138 Å². The minimum atomic E-state index is -0.213. The van der Waals surface area contributed by atoms with Gasteiger partial charge in [-0.05, 0) is 66.9 Å². The molecule has 1 N–H and O–H groups in total. The van der Waals surface area contributed by atoms with Gasteiger partial charge in [0.2, 0.25) is 0 Å². The van der Waals surface area contributed by atoms with E-state index in [2.05, 4.69) is 31.0 Å². The molecule has 0 amide bonds. The van der Waals surface area contributed by atoms with Crippen molar-refractivity contribution in [3.05, 3.63) is 48.2 Å². The molecule has 0 saturated heterocycles. The second-order valence-electron chi connectivity index (χ2n) is 4.71. The number of thiophene rings is 1. The van der Waals surface area contributed by atoms with Crippen LogP contribution in [0, 0.1) is 21.1 Å². The maximum Gasteiger partial charge on any atom is 0.178 e. The third kappa shape index (κ3) is 2.33. The van der Waals surface area contributed by atoms with Crippen LogP contribution in [0.2, 0.25) is 0 Å². The molecular formula is C14H12FIN2S2. The normalized spacial score (nSPS) is 13.0. The molecule has 0 bridgehead atoms. The Balaban J connectivity index is 2.23. The van der Waals surface area contributed by atoms with Crippen LogP contribution in [0.15, 0.2) is 24.3 Å². The summed E-state index contributed by atoms with van der Waals surface area (Å²) in [5, 5.41) is 0. The molecule has 0 spiro atoms. The van der Waals surface area contributed by atoms with Gasteiger partial charge in [0.1, 0.15) is 5.82 Å².